The van der Waals surface area contributed by atoms with E-state index in [9.17, 15) is 4.79 Å². The molecule has 1 heterocycles. The quantitative estimate of drug-likeness (QED) is 0.789. The molecule has 23 heavy (non-hydrogen) atoms. The lowest BCUT2D eigenvalue weighted by molar-refractivity contribution is -0.118. The van der Waals surface area contributed by atoms with Gasteiger partial charge in [0.1, 0.15) is 18.4 Å². The molecule has 0 bridgehead atoms. The van der Waals surface area contributed by atoms with Crippen LogP contribution in [0, 0.1) is 6.92 Å². The first-order valence-corrected chi connectivity index (χ1v) is 7.50. The predicted molar refractivity (Wildman–Crippen MR) is 91.4 cm³/mol. The van der Waals surface area contributed by atoms with Crippen LogP contribution in [0.5, 0.6) is 5.75 Å². The van der Waals surface area contributed by atoms with Gasteiger partial charge in [0, 0.05) is 13.7 Å². The molecule has 1 amide bonds. The molecule has 0 radical (unpaired) electrons. The molecule has 2 unspecified atom stereocenters. The molecule has 1 saturated heterocycles. The summed E-state index contributed by atoms with van der Waals surface area (Å²) in [7, 11) is 1.51. The lowest BCUT2D eigenvalue weighted by Crippen LogP contribution is -2.39. The van der Waals surface area contributed by atoms with Gasteiger partial charge in [-0.1, -0.05) is 6.07 Å². The second-order valence-electron chi connectivity index (χ2n) is 5.50. The van der Waals surface area contributed by atoms with Gasteiger partial charge in [0.25, 0.3) is 0 Å². The molecule has 3 N–H and O–H groups in total. The number of amides is 1. The van der Waals surface area contributed by atoms with E-state index in [0.29, 0.717) is 18.0 Å². The van der Waals surface area contributed by atoms with Crippen LogP contribution in [0.4, 0.5) is 5.69 Å². The summed E-state index contributed by atoms with van der Waals surface area (Å²) in [4.78, 5) is 12.0. The Hall–Kier alpha value is -1.34. The highest BCUT2D eigenvalue weighted by Crippen LogP contribution is 2.27. The van der Waals surface area contributed by atoms with Crippen molar-refractivity contribution < 1.29 is 19.0 Å². The molecule has 0 aromatic heterocycles. The number of methoxy groups -OCH3 is 1. The number of rotatable bonds is 7. The minimum absolute atomic E-state index is 0. The van der Waals surface area contributed by atoms with Gasteiger partial charge in [-0.05, 0) is 37.5 Å². The maximum atomic E-state index is 12.0. The number of nitrogens with one attached hydrogen (secondary N) is 1. The summed E-state index contributed by atoms with van der Waals surface area (Å²) in [5.41, 5.74) is 7.40. The standard InChI is InChI=1S/C16H24N2O4.ClH/c1-11-5-6-14(18-16(19)13(17)10-20-2)15(8-11)22-9-12-4-3-7-21-12;/h5-6,8,12-13H,3-4,7,9-10,17H2,1-2H3,(H,18,19);1H. The van der Waals surface area contributed by atoms with Crippen molar-refractivity contribution in [2.75, 3.05) is 32.2 Å². The third-order valence-corrected chi connectivity index (χ3v) is 3.53. The topological polar surface area (TPSA) is 82.8 Å². The summed E-state index contributed by atoms with van der Waals surface area (Å²) in [6.45, 7) is 3.42. The van der Waals surface area contributed by atoms with Crippen LogP contribution in [0.1, 0.15) is 18.4 Å². The molecule has 130 valence electrons. The van der Waals surface area contributed by atoms with Crippen LogP contribution in [-0.2, 0) is 14.3 Å². The number of halogens is 1. The van der Waals surface area contributed by atoms with E-state index in [1.807, 2.05) is 25.1 Å². The first-order valence-electron chi connectivity index (χ1n) is 7.50. The fourth-order valence-electron chi connectivity index (χ4n) is 2.29. The molecule has 7 heteroatoms. The van der Waals surface area contributed by atoms with E-state index in [1.54, 1.807) is 0 Å². The first-order chi connectivity index (χ1) is 10.6. The zero-order valence-corrected chi connectivity index (χ0v) is 14.4. The van der Waals surface area contributed by atoms with E-state index in [1.165, 1.54) is 7.11 Å². The summed E-state index contributed by atoms with van der Waals surface area (Å²) < 4.78 is 16.3. The van der Waals surface area contributed by atoms with Gasteiger partial charge in [-0.15, -0.1) is 12.4 Å². The molecule has 1 fully saturated rings. The smallest absolute Gasteiger partial charge is 0.243 e. The second kappa shape index (κ2) is 9.72. The fourth-order valence-corrected chi connectivity index (χ4v) is 2.29. The van der Waals surface area contributed by atoms with Crippen molar-refractivity contribution in [2.45, 2.75) is 31.9 Å². The van der Waals surface area contributed by atoms with E-state index in [0.717, 1.165) is 25.0 Å². The van der Waals surface area contributed by atoms with Crippen LogP contribution in [0.15, 0.2) is 18.2 Å². The van der Waals surface area contributed by atoms with Crippen LogP contribution >= 0.6 is 12.4 Å². The van der Waals surface area contributed by atoms with E-state index in [2.05, 4.69) is 5.32 Å². The van der Waals surface area contributed by atoms with Gasteiger partial charge in [0.05, 0.1) is 18.4 Å². The molecule has 2 atom stereocenters. The van der Waals surface area contributed by atoms with Crippen molar-refractivity contribution in [3.05, 3.63) is 23.8 Å². The number of carbonyl (C=O) groups is 1. The van der Waals surface area contributed by atoms with Gasteiger partial charge in [0.2, 0.25) is 5.91 Å². The zero-order valence-electron chi connectivity index (χ0n) is 13.5. The molecule has 6 nitrogen and oxygen atoms in total. The minimum Gasteiger partial charge on any atom is -0.489 e. The maximum absolute atomic E-state index is 12.0. The van der Waals surface area contributed by atoms with E-state index >= 15 is 0 Å². The number of ether oxygens (including phenoxy) is 3. The van der Waals surface area contributed by atoms with Crippen LogP contribution in [0.3, 0.4) is 0 Å². The molecular weight excluding hydrogens is 320 g/mol. The van der Waals surface area contributed by atoms with Gasteiger partial charge < -0.3 is 25.3 Å². The summed E-state index contributed by atoms with van der Waals surface area (Å²) in [6, 6.07) is 4.91. The fraction of sp³-hybridized carbons (Fsp3) is 0.562. The Kier molecular flexibility index (Phi) is 8.33. The van der Waals surface area contributed by atoms with Crippen molar-refractivity contribution in [1.29, 1.82) is 0 Å². The Morgan fingerprint density at radius 2 is 2.30 bits per heavy atom. The van der Waals surface area contributed by atoms with Crippen molar-refractivity contribution in [3.8, 4) is 5.75 Å². The van der Waals surface area contributed by atoms with Crippen molar-refractivity contribution in [3.63, 3.8) is 0 Å². The summed E-state index contributed by atoms with van der Waals surface area (Å²) in [5, 5.41) is 2.79. The number of carbonyl (C=O) groups excluding carboxylic acids is 1. The van der Waals surface area contributed by atoms with Crippen LogP contribution in [0.2, 0.25) is 0 Å². The average Bonchev–Trinajstić information content (AvgIpc) is 3.01. The highest BCUT2D eigenvalue weighted by atomic mass is 35.5. The van der Waals surface area contributed by atoms with E-state index < -0.39 is 6.04 Å². The molecule has 0 saturated carbocycles. The van der Waals surface area contributed by atoms with Gasteiger partial charge in [-0.3, -0.25) is 4.79 Å². The third kappa shape index (κ3) is 5.99. The number of nitrogens with two attached hydrogens (primary N) is 1. The molecule has 2 rings (SSSR count). The molecule has 1 aliphatic heterocycles. The Morgan fingerprint density at radius 3 is 2.96 bits per heavy atom. The van der Waals surface area contributed by atoms with E-state index in [-0.39, 0.29) is 31.0 Å². The Balaban J connectivity index is 0.00000264. The zero-order chi connectivity index (χ0) is 15.9. The minimum atomic E-state index is -0.711. The summed E-state index contributed by atoms with van der Waals surface area (Å²) in [6.07, 6.45) is 2.20. The Morgan fingerprint density at radius 1 is 1.52 bits per heavy atom. The lowest BCUT2D eigenvalue weighted by atomic mass is 10.2. The normalized spacial score (nSPS) is 18.1. The molecule has 0 spiro atoms. The summed E-state index contributed by atoms with van der Waals surface area (Å²) >= 11 is 0. The molecule has 1 aromatic rings. The first kappa shape index (κ1) is 19.7. The maximum Gasteiger partial charge on any atom is 0.243 e. The Bertz CT molecular complexity index is 507. The number of benzene rings is 1. The molecule has 1 aliphatic rings. The molecule has 0 aliphatic carbocycles. The largest absolute Gasteiger partial charge is 0.489 e. The van der Waals surface area contributed by atoms with Crippen LogP contribution < -0.4 is 15.8 Å². The predicted octanol–water partition coefficient (Wildman–Crippen LogP) is 1.89. The highest BCUT2D eigenvalue weighted by molar-refractivity contribution is 5.96. The molecular formula is C16H25ClN2O4. The number of hydrogen-bond donors (Lipinski definition) is 2. The van der Waals surface area contributed by atoms with Gasteiger partial charge in [0.15, 0.2) is 0 Å². The van der Waals surface area contributed by atoms with Crippen molar-refractivity contribution in [1.82, 2.24) is 0 Å². The Labute approximate surface area is 143 Å². The number of anilines is 1. The van der Waals surface area contributed by atoms with Crippen LogP contribution in [-0.4, -0.2) is 45.0 Å². The number of hydrogen-bond acceptors (Lipinski definition) is 5. The summed E-state index contributed by atoms with van der Waals surface area (Å²) in [5.74, 6) is 0.334. The van der Waals surface area contributed by atoms with Gasteiger partial charge in [-0.2, -0.15) is 0 Å². The monoisotopic (exact) mass is 344 g/mol. The lowest BCUT2D eigenvalue weighted by Gasteiger charge is -2.17. The average molecular weight is 345 g/mol. The SMILES string of the molecule is COCC(N)C(=O)Nc1ccc(C)cc1OCC1CCCO1.Cl. The second-order valence-corrected chi connectivity index (χ2v) is 5.50. The van der Waals surface area contributed by atoms with Gasteiger partial charge in [-0.25, -0.2) is 0 Å². The van der Waals surface area contributed by atoms with Crippen LogP contribution in [0.25, 0.3) is 0 Å². The molecule has 1 aromatic carbocycles. The number of aryl methyl sites for hydroxylation is 1. The highest BCUT2D eigenvalue weighted by Gasteiger charge is 2.18. The third-order valence-electron chi connectivity index (χ3n) is 3.53. The van der Waals surface area contributed by atoms with Crippen molar-refractivity contribution >= 4 is 24.0 Å². The van der Waals surface area contributed by atoms with Gasteiger partial charge >= 0.3 is 0 Å². The van der Waals surface area contributed by atoms with Crippen molar-refractivity contribution in [2.24, 2.45) is 5.73 Å². The van der Waals surface area contributed by atoms with E-state index in [4.69, 9.17) is 19.9 Å².